The molecule has 0 saturated heterocycles. The predicted molar refractivity (Wildman–Crippen MR) is 63.7 cm³/mol. The first kappa shape index (κ1) is 11.9. The summed E-state index contributed by atoms with van der Waals surface area (Å²) < 4.78 is 18.4. The Bertz CT molecular complexity index is 560. The summed E-state index contributed by atoms with van der Waals surface area (Å²) in [5, 5.41) is 0.0299. The molecular weight excluding hydrogens is 243 g/mol. The smallest absolute Gasteiger partial charge is 0.197 e. The van der Waals surface area contributed by atoms with Crippen molar-refractivity contribution >= 4 is 17.4 Å². The lowest BCUT2D eigenvalue weighted by molar-refractivity contribution is 0.0962. The Morgan fingerprint density at radius 3 is 2.76 bits per heavy atom. The molecule has 0 spiro atoms. The van der Waals surface area contributed by atoms with E-state index in [-0.39, 0.29) is 10.8 Å². The monoisotopic (exact) mass is 252 g/mol. The molecule has 0 fully saturated rings. The number of hydrogen-bond acceptors (Lipinski definition) is 2. The second-order valence-electron chi connectivity index (χ2n) is 3.57. The van der Waals surface area contributed by atoms with E-state index in [1.54, 1.807) is 25.1 Å². The van der Waals surface area contributed by atoms with E-state index in [0.29, 0.717) is 23.5 Å². The third kappa shape index (κ3) is 2.39. The van der Waals surface area contributed by atoms with E-state index in [9.17, 15) is 9.18 Å². The average molecular weight is 253 g/mol. The first-order valence-electron chi connectivity index (χ1n) is 5.20. The zero-order chi connectivity index (χ0) is 12.4. The minimum atomic E-state index is -0.480. The standard InChI is InChI=1S/C13H10ClFO2/c1-2-11(16)13-6-5-12(17-13)8-3-4-10(15)9(14)7-8/h3-7H,2H2,1H3. The zero-order valence-corrected chi connectivity index (χ0v) is 9.92. The summed E-state index contributed by atoms with van der Waals surface area (Å²) >= 11 is 5.68. The van der Waals surface area contributed by atoms with Crippen LogP contribution in [0.5, 0.6) is 0 Å². The maximum absolute atomic E-state index is 13.0. The lowest BCUT2D eigenvalue weighted by atomic mass is 10.2. The lowest BCUT2D eigenvalue weighted by Crippen LogP contribution is -1.92. The highest BCUT2D eigenvalue weighted by atomic mass is 35.5. The van der Waals surface area contributed by atoms with Crippen molar-refractivity contribution in [1.29, 1.82) is 0 Å². The quantitative estimate of drug-likeness (QED) is 0.761. The molecule has 2 rings (SSSR count). The Kier molecular flexibility index (Phi) is 3.29. The molecule has 4 heteroatoms. The van der Waals surface area contributed by atoms with Crippen LogP contribution in [0.4, 0.5) is 4.39 Å². The van der Waals surface area contributed by atoms with Gasteiger partial charge >= 0.3 is 0 Å². The molecule has 0 N–H and O–H groups in total. The molecule has 0 amide bonds. The van der Waals surface area contributed by atoms with Gasteiger partial charge in [-0.2, -0.15) is 0 Å². The molecule has 0 bridgehead atoms. The third-order valence-corrected chi connectivity index (χ3v) is 2.70. The number of halogens is 2. The Morgan fingerprint density at radius 1 is 1.35 bits per heavy atom. The highest BCUT2D eigenvalue weighted by molar-refractivity contribution is 6.31. The van der Waals surface area contributed by atoms with Gasteiger partial charge in [0.15, 0.2) is 11.5 Å². The molecule has 88 valence electrons. The number of ketones is 1. The van der Waals surface area contributed by atoms with Crippen molar-refractivity contribution in [1.82, 2.24) is 0 Å². The molecule has 0 radical (unpaired) electrons. The summed E-state index contributed by atoms with van der Waals surface area (Å²) in [6, 6.07) is 7.57. The zero-order valence-electron chi connectivity index (χ0n) is 9.17. The molecule has 2 nitrogen and oxygen atoms in total. The molecule has 0 aliphatic rings. The van der Waals surface area contributed by atoms with Gasteiger partial charge in [0, 0.05) is 12.0 Å². The molecule has 0 aliphatic carbocycles. The number of carbonyl (C=O) groups is 1. The maximum Gasteiger partial charge on any atom is 0.197 e. The van der Waals surface area contributed by atoms with E-state index >= 15 is 0 Å². The van der Waals surface area contributed by atoms with Gasteiger partial charge in [-0.1, -0.05) is 18.5 Å². The average Bonchev–Trinajstić information content (AvgIpc) is 2.81. The van der Waals surface area contributed by atoms with Gasteiger partial charge in [0.1, 0.15) is 11.6 Å². The summed E-state index contributed by atoms with van der Waals surface area (Å²) in [5.74, 6) is 0.267. The van der Waals surface area contributed by atoms with Crippen LogP contribution in [0, 0.1) is 5.82 Å². The van der Waals surface area contributed by atoms with E-state index < -0.39 is 5.82 Å². The third-order valence-electron chi connectivity index (χ3n) is 2.41. The van der Waals surface area contributed by atoms with Gasteiger partial charge in [0.2, 0.25) is 0 Å². The first-order valence-corrected chi connectivity index (χ1v) is 5.58. The summed E-state index contributed by atoms with van der Waals surface area (Å²) in [6.07, 6.45) is 0.386. The van der Waals surface area contributed by atoms with Gasteiger partial charge in [-0.25, -0.2) is 4.39 Å². The van der Waals surface area contributed by atoms with Crippen molar-refractivity contribution in [2.75, 3.05) is 0 Å². The molecule has 0 saturated carbocycles. The second-order valence-corrected chi connectivity index (χ2v) is 3.98. The summed E-state index contributed by atoms with van der Waals surface area (Å²) in [5.41, 5.74) is 0.645. The molecule has 0 atom stereocenters. The lowest BCUT2D eigenvalue weighted by Gasteiger charge is -1.99. The summed E-state index contributed by atoms with van der Waals surface area (Å²) in [6.45, 7) is 1.76. The van der Waals surface area contributed by atoms with E-state index in [0.717, 1.165) is 0 Å². The van der Waals surface area contributed by atoms with Gasteiger partial charge in [0.05, 0.1) is 5.02 Å². The van der Waals surface area contributed by atoms with Gasteiger partial charge in [-0.15, -0.1) is 0 Å². The number of furan rings is 1. The number of rotatable bonds is 3. The SMILES string of the molecule is CCC(=O)c1ccc(-c2ccc(F)c(Cl)c2)o1. The molecule has 0 unspecified atom stereocenters. The first-order chi connectivity index (χ1) is 8.11. The van der Waals surface area contributed by atoms with Crippen molar-refractivity contribution in [3.63, 3.8) is 0 Å². The van der Waals surface area contributed by atoms with Gasteiger partial charge < -0.3 is 4.42 Å². The highest BCUT2D eigenvalue weighted by Gasteiger charge is 2.11. The van der Waals surface area contributed by atoms with E-state index in [1.165, 1.54) is 12.1 Å². The van der Waals surface area contributed by atoms with Crippen LogP contribution in [0.25, 0.3) is 11.3 Å². The van der Waals surface area contributed by atoms with Crippen molar-refractivity contribution in [3.05, 3.63) is 46.9 Å². The molecule has 1 heterocycles. The molecule has 1 aromatic heterocycles. The maximum atomic E-state index is 13.0. The fourth-order valence-corrected chi connectivity index (χ4v) is 1.65. The topological polar surface area (TPSA) is 30.2 Å². The number of Topliss-reactive ketones (excluding diaryl/α,β-unsaturated/α-hetero) is 1. The van der Waals surface area contributed by atoms with Crippen LogP contribution in [0.3, 0.4) is 0 Å². The van der Waals surface area contributed by atoms with Gasteiger partial charge in [-0.3, -0.25) is 4.79 Å². The largest absolute Gasteiger partial charge is 0.453 e. The predicted octanol–water partition coefficient (Wildman–Crippen LogP) is 4.33. The van der Waals surface area contributed by atoms with Crippen LogP contribution in [0.2, 0.25) is 5.02 Å². The number of hydrogen-bond donors (Lipinski definition) is 0. The number of carbonyl (C=O) groups excluding carboxylic acids is 1. The van der Waals surface area contributed by atoms with Crippen LogP contribution < -0.4 is 0 Å². The van der Waals surface area contributed by atoms with Crippen LogP contribution >= 0.6 is 11.6 Å². The molecule has 1 aromatic carbocycles. The van der Waals surface area contributed by atoms with Gasteiger partial charge in [0.25, 0.3) is 0 Å². The van der Waals surface area contributed by atoms with Crippen molar-refractivity contribution < 1.29 is 13.6 Å². The molecule has 2 aromatic rings. The fraction of sp³-hybridized carbons (Fsp3) is 0.154. The Hall–Kier alpha value is -1.61. The van der Waals surface area contributed by atoms with E-state index in [4.69, 9.17) is 16.0 Å². The summed E-state index contributed by atoms with van der Waals surface area (Å²) in [4.78, 5) is 11.4. The van der Waals surface area contributed by atoms with Crippen LogP contribution in [0.15, 0.2) is 34.7 Å². The minimum absolute atomic E-state index is 0.0299. The highest BCUT2D eigenvalue weighted by Crippen LogP contribution is 2.26. The Morgan fingerprint density at radius 2 is 2.12 bits per heavy atom. The van der Waals surface area contributed by atoms with Crippen LogP contribution in [-0.2, 0) is 0 Å². The fourth-order valence-electron chi connectivity index (χ4n) is 1.47. The Balaban J connectivity index is 2.37. The number of benzene rings is 1. The van der Waals surface area contributed by atoms with Crippen molar-refractivity contribution in [3.8, 4) is 11.3 Å². The molecular formula is C13H10ClFO2. The van der Waals surface area contributed by atoms with Crippen LogP contribution in [0.1, 0.15) is 23.9 Å². The van der Waals surface area contributed by atoms with Crippen LogP contribution in [-0.4, -0.2) is 5.78 Å². The Labute approximate surface area is 103 Å². The van der Waals surface area contributed by atoms with E-state index in [2.05, 4.69) is 0 Å². The minimum Gasteiger partial charge on any atom is -0.453 e. The molecule has 0 aliphatic heterocycles. The molecule has 17 heavy (non-hydrogen) atoms. The van der Waals surface area contributed by atoms with Gasteiger partial charge in [-0.05, 0) is 30.3 Å². The van der Waals surface area contributed by atoms with Crippen molar-refractivity contribution in [2.45, 2.75) is 13.3 Å². The van der Waals surface area contributed by atoms with E-state index in [1.807, 2.05) is 0 Å². The van der Waals surface area contributed by atoms with Crippen molar-refractivity contribution in [2.24, 2.45) is 0 Å². The summed E-state index contributed by atoms with van der Waals surface area (Å²) in [7, 11) is 0. The second kappa shape index (κ2) is 4.72. The normalized spacial score (nSPS) is 10.5.